The zero-order valence-electron chi connectivity index (χ0n) is 16.9. The predicted molar refractivity (Wildman–Crippen MR) is 121 cm³/mol. The summed E-state index contributed by atoms with van der Waals surface area (Å²) in [7, 11) is -6.43. The lowest BCUT2D eigenvalue weighted by Crippen LogP contribution is -2.22. The Labute approximate surface area is 180 Å². The Hall–Kier alpha value is -2.85. The number of sulfone groups is 1. The third-order valence-corrected chi connectivity index (χ3v) is 7.90. The number of primary amides is 1. The highest BCUT2D eigenvalue weighted by atomic mass is 32.2. The second-order valence-electron chi connectivity index (χ2n) is 7.94. The number of aromatic amines is 1. The minimum absolute atomic E-state index is 0.0616. The largest absolute Gasteiger partial charge is 0.366 e. The smallest absolute Gasteiger partial charge is 0.250 e. The normalized spacial score (nSPS) is 16.9. The Kier molecular flexibility index (Phi) is 5.30. The molecule has 2 heterocycles. The monoisotopic (exact) mass is 461 g/mol. The first-order valence-electron chi connectivity index (χ1n) is 9.76. The van der Waals surface area contributed by atoms with Crippen molar-refractivity contribution in [1.29, 1.82) is 0 Å². The van der Waals surface area contributed by atoms with Gasteiger partial charge in [0.05, 0.1) is 28.8 Å². The van der Waals surface area contributed by atoms with Crippen LogP contribution in [0.25, 0.3) is 22.0 Å². The lowest BCUT2D eigenvalue weighted by atomic mass is 9.91. The maximum absolute atomic E-state index is 12.2. The number of fused-ring (bicyclic) bond motifs is 1. The molecule has 0 spiro atoms. The van der Waals surface area contributed by atoms with Crippen LogP contribution in [-0.4, -0.2) is 45.5 Å². The summed E-state index contributed by atoms with van der Waals surface area (Å²) in [4.78, 5) is 15.3. The van der Waals surface area contributed by atoms with Crippen molar-refractivity contribution in [1.82, 2.24) is 4.98 Å². The van der Waals surface area contributed by atoms with E-state index < -0.39 is 25.8 Å². The van der Waals surface area contributed by atoms with E-state index in [-0.39, 0.29) is 17.4 Å². The first kappa shape index (κ1) is 21.4. The van der Waals surface area contributed by atoms with Crippen molar-refractivity contribution in [3.63, 3.8) is 0 Å². The van der Waals surface area contributed by atoms with Gasteiger partial charge in [-0.1, -0.05) is 12.1 Å². The van der Waals surface area contributed by atoms with Crippen LogP contribution in [0.15, 0.2) is 42.6 Å². The second kappa shape index (κ2) is 7.69. The molecule has 3 aromatic rings. The van der Waals surface area contributed by atoms with Gasteiger partial charge in [0.15, 0.2) is 0 Å². The Bertz CT molecular complexity index is 1380. The molecule has 1 fully saturated rings. The number of hydrogen-bond donors (Lipinski definition) is 3. The first-order valence-corrected chi connectivity index (χ1v) is 13.5. The standard InChI is InChI=1S/C21H23N3O5S2/c1-30(26,27)24-16-4-2-3-14(9-16)15-10-17-19(13-5-7-31(28,29)8-6-13)12-23-20(17)18(11-15)21(22)25/h2-4,9-13,23-24H,5-8H2,1H3,(H2,22,25). The molecule has 1 aliphatic rings. The number of nitrogens with one attached hydrogen (secondary N) is 2. The summed E-state index contributed by atoms with van der Waals surface area (Å²) in [5.74, 6) is -0.235. The highest BCUT2D eigenvalue weighted by molar-refractivity contribution is 7.92. The third-order valence-electron chi connectivity index (χ3n) is 5.58. The zero-order valence-corrected chi connectivity index (χ0v) is 18.5. The number of H-pyrrole nitrogens is 1. The molecule has 1 aromatic heterocycles. The van der Waals surface area contributed by atoms with Crippen LogP contribution in [0.1, 0.15) is 34.7 Å². The Morgan fingerprint density at radius 3 is 2.48 bits per heavy atom. The summed E-state index contributed by atoms with van der Waals surface area (Å²) >= 11 is 0. The quantitative estimate of drug-likeness (QED) is 0.536. The van der Waals surface area contributed by atoms with E-state index in [0.717, 1.165) is 22.8 Å². The summed E-state index contributed by atoms with van der Waals surface area (Å²) < 4.78 is 49.3. The highest BCUT2D eigenvalue weighted by Gasteiger charge is 2.27. The van der Waals surface area contributed by atoms with Gasteiger partial charge in [-0.15, -0.1) is 0 Å². The van der Waals surface area contributed by atoms with E-state index >= 15 is 0 Å². The van der Waals surface area contributed by atoms with E-state index in [1.54, 1.807) is 24.3 Å². The van der Waals surface area contributed by atoms with Crippen molar-refractivity contribution in [3.8, 4) is 11.1 Å². The topological polar surface area (TPSA) is 139 Å². The molecule has 0 saturated carbocycles. The molecular formula is C21H23N3O5S2. The summed E-state index contributed by atoms with van der Waals surface area (Å²) in [5.41, 5.74) is 9.37. The molecule has 0 unspecified atom stereocenters. The average molecular weight is 462 g/mol. The van der Waals surface area contributed by atoms with Gasteiger partial charge in [0, 0.05) is 17.3 Å². The fourth-order valence-corrected chi connectivity index (χ4v) is 6.18. The number of benzene rings is 2. The average Bonchev–Trinajstić information content (AvgIpc) is 3.10. The van der Waals surface area contributed by atoms with Gasteiger partial charge in [-0.2, -0.15) is 0 Å². The van der Waals surface area contributed by atoms with E-state index in [9.17, 15) is 21.6 Å². The van der Waals surface area contributed by atoms with Gasteiger partial charge in [0.25, 0.3) is 5.91 Å². The van der Waals surface area contributed by atoms with Crippen LogP contribution in [0.3, 0.4) is 0 Å². The molecule has 1 aliphatic heterocycles. The SMILES string of the molecule is CS(=O)(=O)Nc1cccc(-c2cc(C(N)=O)c3[nH]cc(C4CCS(=O)(=O)CC4)c3c2)c1. The number of anilines is 1. The summed E-state index contributed by atoms with van der Waals surface area (Å²) in [6, 6.07) is 10.5. The number of nitrogens with two attached hydrogens (primary N) is 1. The van der Waals surface area contributed by atoms with Crippen LogP contribution < -0.4 is 10.5 Å². The van der Waals surface area contributed by atoms with Crippen LogP contribution in [0.2, 0.25) is 0 Å². The van der Waals surface area contributed by atoms with Crippen LogP contribution in [0, 0.1) is 0 Å². The molecule has 164 valence electrons. The molecule has 1 saturated heterocycles. The van der Waals surface area contributed by atoms with Gasteiger partial charge in [0.2, 0.25) is 10.0 Å². The third kappa shape index (κ3) is 4.59. The number of carbonyl (C=O) groups is 1. The summed E-state index contributed by atoms with van der Waals surface area (Å²) in [6.45, 7) is 0. The van der Waals surface area contributed by atoms with E-state index in [0.29, 0.717) is 35.2 Å². The molecule has 10 heteroatoms. The van der Waals surface area contributed by atoms with Crippen LogP contribution in [-0.2, 0) is 19.9 Å². The molecule has 2 aromatic carbocycles. The van der Waals surface area contributed by atoms with Gasteiger partial charge < -0.3 is 10.7 Å². The Morgan fingerprint density at radius 1 is 1.13 bits per heavy atom. The van der Waals surface area contributed by atoms with Crippen LogP contribution >= 0.6 is 0 Å². The van der Waals surface area contributed by atoms with Crippen molar-refractivity contribution in [2.75, 3.05) is 22.5 Å². The van der Waals surface area contributed by atoms with Crippen molar-refractivity contribution in [2.24, 2.45) is 5.73 Å². The van der Waals surface area contributed by atoms with Crippen molar-refractivity contribution in [2.45, 2.75) is 18.8 Å². The molecule has 0 aliphatic carbocycles. The molecule has 0 radical (unpaired) electrons. The molecule has 8 nitrogen and oxygen atoms in total. The molecule has 1 amide bonds. The number of carbonyl (C=O) groups excluding carboxylic acids is 1. The zero-order chi connectivity index (χ0) is 22.4. The van der Waals surface area contributed by atoms with E-state index in [1.807, 2.05) is 18.3 Å². The van der Waals surface area contributed by atoms with E-state index in [2.05, 4.69) is 9.71 Å². The lowest BCUT2D eigenvalue weighted by molar-refractivity contribution is 0.100. The number of hydrogen-bond acceptors (Lipinski definition) is 5. The summed E-state index contributed by atoms with van der Waals surface area (Å²) in [5, 5.41) is 0.817. The highest BCUT2D eigenvalue weighted by Crippen LogP contribution is 2.37. The van der Waals surface area contributed by atoms with Crippen molar-refractivity contribution in [3.05, 3.63) is 53.7 Å². The molecule has 0 bridgehead atoms. The summed E-state index contributed by atoms with van der Waals surface area (Å²) in [6.07, 6.45) is 3.96. The van der Waals surface area contributed by atoms with Gasteiger partial charge >= 0.3 is 0 Å². The molecule has 4 rings (SSSR count). The second-order valence-corrected chi connectivity index (χ2v) is 12.0. The number of sulfonamides is 1. The van der Waals surface area contributed by atoms with E-state index in [4.69, 9.17) is 5.73 Å². The number of rotatable bonds is 5. The first-order chi connectivity index (χ1) is 14.5. The molecule has 4 N–H and O–H groups in total. The van der Waals surface area contributed by atoms with Crippen LogP contribution in [0.5, 0.6) is 0 Å². The van der Waals surface area contributed by atoms with Crippen LogP contribution in [0.4, 0.5) is 5.69 Å². The fourth-order valence-electron chi connectivity index (χ4n) is 4.13. The predicted octanol–water partition coefficient (Wildman–Crippen LogP) is 2.60. The molecule has 0 atom stereocenters. The van der Waals surface area contributed by atoms with Gasteiger partial charge in [-0.25, -0.2) is 16.8 Å². The fraction of sp³-hybridized carbons (Fsp3) is 0.286. The van der Waals surface area contributed by atoms with Gasteiger partial charge in [0.1, 0.15) is 9.84 Å². The van der Waals surface area contributed by atoms with Gasteiger partial charge in [-0.05, 0) is 59.7 Å². The Balaban J connectivity index is 1.82. The van der Waals surface area contributed by atoms with Gasteiger partial charge in [-0.3, -0.25) is 9.52 Å². The Morgan fingerprint density at radius 2 is 1.84 bits per heavy atom. The minimum Gasteiger partial charge on any atom is -0.366 e. The molecule has 31 heavy (non-hydrogen) atoms. The lowest BCUT2D eigenvalue weighted by Gasteiger charge is -2.21. The molecular weight excluding hydrogens is 438 g/mol. The van der Waals surface area contributed by atoms with Crippen molar-refractivity contribution >= 4 is 42.4 Å². The maximum Gasteiger partial charge on any atom is 0.250 e. The number of aromatic nitrogens is 1. The van der Waals surface area contributed by atoms with Crippen molar-refractivity contribution < 1.29 is 21.6 Å². The number of amides is 1. The maximum atomic E-state index is 12.2. The van der Waals surface area contributed by atoms with E-state index in [1.165, 1.54) is 0 Å². The minimum atomic E-state index is -3.43.